The number of nitrogens with one attached hydrogen (secondary N) is 1. The molecule has 3 rings (SSSR count). The van der Waals surface area contributed by atoms with Crippen molar-refractivity contribution in [1.82, 2.24) is 9.62 Å². The molecule has 2 aromatic rings. The Labute approximate surface area is 205 Å². The van der Waals surface area contributed by atoms with Crippen molar-refractivity contribution in [3.63, 3.8) is 0 Å². The van der Waals surface area contributed by atoms with E-state index in [-0.39, 0.29) is 22.9 Å². The standard InChI is InChI=1S/C24H28Cl2N2O4S/c1-32-24(29)6-4-2-3-5-22-15-21(17-28(22)16-18-7-9-19(25)10-8-18)27-33(30,31)23-13-11-20(26)12-14-23/h3,5,7-14,21-22,27H,2,4,6,15-17H2,1H3/t21-,22-/m1/s1. The number of halogens is 2. The number of benzene rings is 2. The summed E-state index contributed by atoms with van der Waals surface area (Å²) < 4.78 is 33.2. The highest BCUT2D eigenvalue weighted by atomic mass is 35.5. The molecule has 1 saturated heterocycles. The number of hydrogen-bond acceptors (Lipinski definition) is 5. The van der Waals surface area contributed by atoms with E-state index in [0.717, 1.165) is 12.0 Å². The van der Waals surface area contributed by atoms with Gasteiger partial charge in [0.2, 0.25) is 10.0 Å². The van der Waals surface area contributed by atoms with Crippen LogP contribution >= 0.6 is 23.2 Å². The van der Waals surface area contributed by atoms with Crippen molar-refractivity contribution >= 4 is 39.2 Å². The van der Waals surface area contributed by atoms with Crippen LogP contribution < -0.4 is 4.72 Å². The summed E-state index contributed by atoms with van der Waals surface area (Å²) in [5.41, 5.74) is 1.10. The molecule has 2 atom stereocenters. The number of likely N-dealkylation sites (tertiary alicyclic amines) is 1. The van der Waals surface area contributed by atoms with Gasteiger partial charge in [0.25, 0.3) is 0 Å². The van der Waals surface area contributed by atoms with Crippen LogP contribution in [0, 0.1) is 0 Å². The quantitative estimate of drug-likeness (QED) is 0.282. The van der Waals surface area contributed by atoms with Crippen LogP contribution in [0.2, 0.25) is 10.0 Å². The van der Waals surface area contributed by atoms with Crippen LogP contribution in [0.4, 0.5) is 0 Å². The SMILES string of the molecule is COC(=O)CCCC=C[C@@H]1C[C@@H](NS(=O)(=O)c2ccc(Cl)cc2)CN1Cc1ccc(Cl)cc1. The third kappa shape index (κ3) is 7.83. The first-order valence-electron chi connectivity index (χ1n) is 10.8. The lowest BCUT2D eigenvalue weighted by atomic mass is 10.1. The number of nitrogens with zero attached hydrogens (tertiary/aromatic N) is 1. The predicted octanol–water partition coefficient (Wildman–Crippen LogP) is 4.81. The van der Waals surface area contributed by atoms with Crippen molar-refractivity contribution in [1.29, 1.82) is 0 Å². The van der Waals surface area contributed by atoms with Crippen LogP contribution in [-0.4, -0.2) is 45.0 Å². The average Bonchev–Trinajstić information content (AvgIpc) is 3.15. The first-order valence-corrected chi connectivity index (χ1v) is 13.0. The average molecular weight is 511 g/mol. The van der Waals surface area contributed by atoms with E-state index in [1.807, 2.05) is 24.3 Å². The highest BCUT2D eigenvalue weighted by molar-refractivity contribution is 7.89. The number of allylic oxidation sites excluding steroid dienone is 1. The molecule has 0 unspecified atom stereocenters. The van der Waals surface area contributed by atoms with Crippen molar-refractivity contribution < 1.29 is 17.9 Å². The third-order valence-corrected chi connectivity index (χ3v) is 7.57. The number of sulfonamides is 1. The Kier molecular flexibility index (Phi) is 9.35. The number of ether oxygens (including phenoxy) is 1. The smallest absolute Gasteiger partial charge is 0.305 e. The van der Waals surface area contributed by atoms with Crippen LogP contribution in [0.15, 0.2) is 65.6 Å². The lowest BCUT2D eigenvalue weighted by Crippen LogP contribution is -2.37. The number of carbonyl (C=O) groups is 1. The summed E-state index contributed by atoms with van der Waals surface area (Å²) in [5, 5.41) is 1.16. The summed E-state index contributed by atoms with van der Waals surface area (Å²) in [7, 11) is -2.27. The van der Waals surface area contributed by atoms with Crippen molar-refractivity contribution in [2.24, 2.45) is 0 Å². The molecular weight excluding hydrogens is 483 g/mol. The number of hydrogen-bond donors (Lipinski definition) is 1. The Morgan fingerprint density at radius 3 is 2.39 bits per heavy atom. The zero-order chi connectivity index (χ0) is 23.8. The molecule has 0 spiro atoms. The summed E-state index contributed by atoms with van der Waals surface area (Å²) in [6.45, 7) is 1.25. The summed E-state index contributed by atoms with van der Waals surface area (Å²) in [4.78, 5) is 13.7. The molecule has 0 aromatic heterocycles. The van der Waals surface area contributed by atoms with Crippen LogP contribution in [0.1, 0.15) is 31.2 Å². The fourth-order valence-electron chi connectivity index (χ4n) is 3.85. The molecule has 0 bridgehead atoms. The lowest BCUT2D eigenvalue weighted by Gasteiger charge is -2.22. The molecule has 1 heterocycles. The lowest BCUT2D eigenvalue weighted by molar-refractivity contribution is -0.140. The van der Waals surface area contributed by atoms with E-state index in [1.165, 1.54) is 19.2 Å². The molecule has 0 radical (unpaired) electrons. The molecule has 1 fully saturated rings. The van der Waals surface area contributed by atoms with E-state index in [4.69, 9.17) is 23.2 Å². The molecule has 0 amide bonds. The van der Waals surface area contributed by atoms with Crippen molar-refractivity contribution in [3.8, 4) is 0 Å². The second-order valence-corrected chi connectivity index (χ2v) is 10.6. The van der Waals surface area contributed by atoms with Gasteiger partial charge in [0.1, 0.15) is 0 Å². The van der Waals surface area contributed by atoms with E-state index in [2.05, 4.69) is 26.5 Å². The number of carbonyl (C=O) groups excluding carboxylic acids is 1. The van der Waals surface area contributed by atoms with Gasteiger partial charge < -0.3 is 4.74 Å². The largest absolute Gasteiger partial charge is 0.469 e. The Morgan fingerprint density at radius 2 is 1.76 bits per heavy atom. The Morgan fingerprint density at radius 1 is 1.12 bits per heavy atom. The van der Waals surface area contributed by atoms with Gasteiger partial charge in [0, 0.05) is 41.6 Å². The van der Waals surface area contributed by atoms with Crippen molar-refractivity contribution in [2.45, 2.75) is 49.2 Å². The molecule has 2 aromatic carbocycles. The highest BCUT2D eigenvalue weighted by Gasteiger charge is 2.33. The molecule has 9 heteroatoms. The zero-order valence-electron chi connectivity index (χ0n) is 18.4. The molecule has 6 nitrogen and oxygen atoms in total. The number of methoxy groups -OCH3 is 1. The first-order chi connectivity index (χ1) is 15.8. The van der Waals surface area contributed by atoms with Gasteiger partial charge in [-0.25, -0.2) is 13.1 Å². The molecule has 178 valence electrons. The first kappa shape index (κ1) is 25.7. The minimum Gasteiger partial charge on any atom is -0.469 e. The van der Waals surface area contributed by atoms with Crippen molar-refractivity contribution in [3.05, 3.63) is 76.3 Å². The summed E-state index contributed by atoms with van der Waals surface area (Å²) >= 11 is 11.9. The summed E-state index contributed by atoms with van der Waals surface area (Å²) in [6.07, 6.45) is 6.64. The zero-order valence-corrected chi connectivity index (χ0v) is 20.7. The van der Waals surface area contributed by atoms with Crippen LogP contribution in [-0.2, 0) is 26.1 Å². The van der Waals surface area contributed by atoms with Gasteiger partial charge in [-0.05, 0) is 61.2 Å². The maximum Gasteiger partial charge on any atom is 0.305 e. The minimum atomic E-state index is -3.66. The minimum absolute atomic E-state index is 0.0664. The van der Waals surface area contributed by atoms with E-state index in [1.54, 1.807) is 12.1 Å². The molecule has 0 aliphatic carbocycles. The fourth-order valence-corrected chi connectivity index (χ4v) is 5.34. The topological polar surface area (TPSA) is 75.7 Å². The van der Waals surface area contributed by atoms with Crippen LogP contribution in [0.3, 0.4) is 0 Å². The molecule has 0 saturated carbocycles. The number of unbranched alkanes of at least 4 members (excludes halogenated alkanes) is 1. The number of esters is 1. The van der Waals surface area contributed by atoms with E-state index < -0.39 is 10.0 Å². The molecule has 33 heavy (non-hydrogen) atoms. The predicted molar refractivity (Wildman–Crippen MR) is 131 cm³/mol. The van der Waals surface area contributed by atoms with Crippen LogP contribution in [0.25, 0.3) is 0 Å². The third-order valence-electron chi connectivity index (χ3n) is 5.53. The van der Waals surface area contributed by atoms with Gasteiger partial charge in [-0.3, -0.25) is 9.69 Å². The van der Waals surface area contributed by atoms with Gasteiger partial charge >= 0.3 is 5.97 Å². The van der Waals surface area contributed by atoms with Gasteiger partial charge in [0.05, 0.1) is 12.0 Å². The van der Waals surface area contributed by atoms with Gasteiger partial charge in [-0.2, -0.15) is 0 Å². The monoisotopic (exact) mass is 510 g/mol. The van der Waals surface area contributed by atoms with Gasteiger partial charge in [0.15, 0.2) is 0 Å². The summed E-state index contributed by atoms with van der Waals surface area (Å²) in [5.74, 6) is -0.217. The van der Waals surface area contributed by atoms with E-state index in [9.17, 15) is 13.2 Å². The second kappa shape index (κ2) is 12.0. The Bertz CT molecular complexity index is 1060. The molecular formula is C24H28Cl2N2O4S. The van der Waals surface area contributed by atoms with Crippen molar-refractivity contribution in [2.75, 3.05) is 13.7 Å². The maximum atomic E-state index is 12.9. The molecule has 1 aliphatic rings. The van der Waals surface area contributed by atoms with Gasteiger partial charge in [-0.1, -0.05) is 47.5 Å². The fraction of sp³-hybridized carbons (Fsp3) is 0.375. The highest BCUT2D eigenvalue weighted by Crippen LogP contribution is 2.24. The molecule has 1 aliphatic heterocycles. The Hall–Kier alpha value is -1.90. The van der Waals surface area contributed by atoms with Gasteiger partial charge in [-0.15, -0.1) is 0 Å². The maximum absolute atomic E-state index is 12.9. The molecule has 1 N–H and O–H groups in total. The van der Waals surface area contributed by atoms with E-state index >= 15 is 0 Å². The summed E-state index contributed by atoms with van der Waals surface area (Å²) in [6, 6.07) is 13.6. The second-order valence-electron chi connectivity index (χ2n) is 8.03. The van der Waals surface area contributed by atoms with Crippen LogP contribution in [0.5, 0.6) is 0 Å². The normalized spacial score (nSPS) is 19.2. The number of rotatable bonds is 10. The van der Waals surface area contributed by atoms with E-state index in [0.29, 0.717) is 42.4 Å². The Balaban J connectivity index is 1.68.